The van der Waals surface area contributed by atoms with Crippen LogP contribution in [-0.4, -0.2) is 136 Å². The highest BCUT2D eigenvalue weighted by Gasteiger charge is 2.52. The van der Waals surface area contributed by atoms with Crippen molar-refractivity contribution in [1.82, 2.24) is 5.32 Å². The second-order valence-corrected chi connectivity index (χ2v) is 8.53. The first-order valence-corrected chi connectivity index (χ1v) is 10.7. The summed E-state index contributed by atoms with van der Waals surface area (Å²) in [6.45, 7) is -0.649. The second-order valence-electron chi connectivity index (χ2n) is 8.53. The molecule has 3 fully saturated rings. The van der Waals surface area contributed by atoms with Crippen LogP contribution in [0, 0.1) is 0 Å². The lowest BCUT2D eigenvalue weighted by molar-refractivity contribution is -0.307. The summed E-state index contributed by atoms with van der Waals surface area (Å²) < 4.78 is 22.7. The van der Waals surface area contributed by atoms with Crippen LogP contribution in [0.5, 0.6) is 0 Å². The molecule has 1 aliphatic carbocycles. The molecular weight excluding hydrogens is 432 g/mol. The van der Waals surface area contributed by atoms with Gasteiger partial charge in [-0.1, -0.05) is 0 Å². The van der Waals surface area contributed by atoms with Crippen LogP contribution >= 0.6 is 0 Å². The average molecular weight is 469 g/mol. The minimum atomic E-state index is -1.49. The fraction of sp³-hybridized carbons (Fsp3) is 1.00. The van der Waals surface area contributed by atoms with Gasteiger partial charge in [0.05, 0.1) is 18.8 Å². The van der Waals surface area contributed by atoms with Gasteiger partial charge in [0.15, 0.2) is 12.6 Å². The standard InChI is InChI=1S/C18H36N4O10/c1-22-6-2-5(20)15(31-17-9(21)13(27)11(25)7(3-19)29-17)16(10(6)24)32-18-14(28)12(26)8(4-23)30-18/h5-18,22-28H,2-4,19-21H2,1H3. The normalized spacial score (nSPS) is 52.3. The quantitative estimate of drug-likeness (QED) is 0.167. The van der Waals surface area contributed by atoms with Gasteiger partial charge in [0.2, 0.25) is 0 Å². The van der Waals surface area contributed by atoms with E-state index in [2.05, 4.69) is 5.32 Å². The summed E-state index contributed by atoms with van der Waals surface area (Å²) in [6.07, 6.45) is -13.3. The Bertz CT molecular complexity index is 606. The summed E-state index contributed by atoms with van der Waals surface area (Å²) in [7, 11) is 1.63. The van der Waals surface area contributed by atoms with Gasteiger partial charge < -0.3 is 72.1 Å². The predicted molar refractivity (Wildman–Crippen MR) is 107 cm³/mol. The summed E-state index contributed by atoms with van der Waals surface area (Å²) in [5.74, 6) is 0. The number of nitrogens with one attached hydrogen (secondary N) is 1. The van der Waals surface area contributed by atoms with Crippen LogP contribution in [0.15, 0.2) is 0 Å². The van der Waals surface area contributed by atoms with E-state index < -0.39 is 92.2 Å². The first-order chi connectivity index (χ1) is 15.1. The molecule has 13 N–H and O–H groups in total. The van der Waals surface area contributed by atoms with Crippen LogP contribution in [0.2, 0.25) is 0 Å². The zero-order valence-electron chi connectivity index (χ0n) is 17.8. The zero-order valence-corrected chi connectivity index (χ0v) is 17.8. The summed E-state index contributed by atoms with van der Waals surface area (Å²) in [5.41, 5.74) is 17.9. The molecule has 2 saturated heterocycles. The van der Waals surface area contributed by atoms with Gasteiger partial charge in [-0.15, -0.1) is 0 Å². The van der Waals surface area contributed by atoms with Gasteiger partial charge in [0.25, 0.3) is 0 Å². The number of hydrogen-bond donors (Lipinski definition) is 10. The number of aliphatic hydroxyl groups excluding tert-OH is 6. The lowest BCUT2D eigenvalue weighted by atomic mass is 9.83. The molecule has 188 valence electrons. The van der Waals surface area contributed by atoms with E-state index in [0.29, 0.717) is 0 Å². The topological polar surface area (TPSA) is 248 Å². The van der Waals surface area contributed by atoms with Crippen molar-refractivity contribution >= 4 is 0 Å². The van der Waals surface area contributed by atoms with Gasteiger partial charge in [-0.05, 0) is 13.5 Å². The first kappa shape index (κ1) is 26.1. The monoisotopic (exact) mass is 468 g/mol. The van der Waals surface area contributed by atoms with E-state index in [-0.39, 0.29) is 13.0 Å². The highest BCUT2D eigenvalue weighted by atomic mass is 16.7. The van der Waals surface area contributed by atoms with Crippen molar-refractivity contribution in [3.63, 3.8) is 0 Å². The molecular formula is C18H36N4O10. The Morgan fingerprint density at radius 3 is 2.00 bits per heavy atom. The SMILES string of the molecule is CNC1CC(N)C(OC2OC(CN)C(O)C(O)C2N)C(OC2OC(CO)C(O)C2O)C1O. The Morgan fingerprint density at radius 2 is 1.44 bits per heavy atom. The maximum atomic E-state index is 10.9. The van der Waals surface area contributed by atoms with Gasteiger partial charge in [-0.3, -0.25) is 0 Å². The molecule has 0 spiro atoms. The fourth-order valence-corrected chi connectivity index (χ4v) is 4.42. The van der Waals surface area contributed by atoms with Crippen LogP contribution in [0.3, 0.4) is 0 Å². The molecule has 32 heavy (non-hydrogen) atoms. The molecule has 1 saturated carbocycles. The predicted octanol–water partition coefficient (Wildman–Crippen LogP) is -6.39. The van der Waals surface area contributed by atoms with Gasteiger partial charge in [-0.25, -0.2) is 0 Å². The number of nitrogens with two attached hydrogens (primary N) is 3. The molecule has 0 aromatic heterocycles. The second kappa shape index (κ2) is 10.8. The van der Waals surface area contributed by atoms with Crippen molar-refractivity contribution in [2.24, 2.45) is 17.2 Å². The lowest BCUT2D eigenvalue weighted by Gasteiger charge is -2.47. The van der Waals surface area contributed by atoms with E-state index in [1.54, 1.807) is 7.05 Å². The molecule has 2 aliphatic heterocycles. The highest BCUT2D eigenvalue weighted by molar-refractivity contribution is 5.02. The number of ether oxygens (including phenoxy) is 4. The third kappa shape index (κ3) is 4.94. The summed E-state index contributed by atoms with van der Waals surface area (Å²) >= 11 is 0. The van der Waals surface area contributed by atoms with Gasteiger partial charge in [0.1, 0.15) is 48.8 Å². The minimum absolute atomic E-state index is 0.103. The van der Waals surface area contributed by atoms with Crippen LogP contribution < -0.4 is 22.5 Å². The lowest BCUT2D eigenvalue weighted by Crippen LogP contribution is -2.68. The van der Waals surface area contributed by atoms with Crippen molar-refractivity contribution in [3.8, 4) is 0 Å². The Kier molecular flexibility index (Phi) is 8.79. The molecule has 3 rings (SSSR count). The smallest absolute Gasteiger partial charge is 0.187 e. The van der Waals surface area contributed by atoms with E-state index in [1.165, 1.54) is 0 Å². The summed E-state index contributed by atoms with van der Waals surface area (Å²) in [6, 6.07) is -2.33. The van der Waals surface area contributed by atoms with Gasteiger partial charge in [-0.2, -0.15) is 0 Å². The Morgan fingerprint density at radius 1 is 0.844 bits per heavy atom. The van der Waals surface area contributed by atoms with E-state index in [1.807, 2.05) is 0 Å². The van der Waals surface area contributed by atoms with Gasteiger partial charge in [0, 0.05) is 18.6 Å². The minimum Gasteiger partial charge on any atom is -0.394 e. The number of rotatable bonds is 7. The summed E-state index contributed by atoms with van der Waals surface area (Å²) in [4.78, 5) is 0. The largest absolute Gasteiger partial charge is 0.394 e. The molecule has 14 nitrogen and oxygen atoms in total. The zero-order chi connectivity index (χ0) is 23.7. The molecule has 0 aromatic rings. The number of likely N-dealkylation sites (N-methyl/N-ethyl adjacent to an activating group) is 1. The fourth-order valence-electron chi connectivity index (χ4n) is 4.42. The molecule has 0 bridgehead atoms. The molecule has 0 aromatic carbocycles. The maximum Gasteiger partial charge on any atom is 0.187 e. The van der Waals surface area contributed by atoms with Crippen LogP contribution in [0.1, 0.15) is 6.42 Å². The molecule has 2 heterocycles. The van der Waals surface area contributed by atoms with Crippen LogP contribution in [0.4, 0.5) is 0 Å². The summed E-state index contributed by atoms with van der Waals surface area (Å²) in [5, 5.41) is 63.7. The molecule has 3 aliphatic rings. The molecule has 0 radical (unpaired) electrons. The van der Waals surface area contributed by atoms with Gasteiger partial charge >= 0.3 is 0 Å². The Hall–Kier alpha value is -0.560. The number of hydrogen-bond acceptors (Lipinski definition) is 14. The molecule has 14 unspecified atom stereocenters. The highest BCUT2D eigenvalue weighted by Crippen LogP contribution is 2.32. The van der Waals surface area contributed by atoms with Crippen molar-refractivity contribution in [2.45, 2.75) is 92.1 Å². The van der Waals surface area contributed by atoms with E-state index in [9.17, 15) is 30.6 Å². The molecule has 0 amide bonds. The Labute approximate surface area is 185 Å². The van der Waals surface area contributed by atoms with Crippen molar-refractivity contribution < 1.29 is 49.6 Å². The van der Waals surface area contributed by atoms with E-state index in [0.717, 1.165) is 0 Å². The molecule has 14 heteroatoms. The third-order valence-electron chi connectivity index (χ3n) is 6.45. The molecule has 14 atom stereocenters. The average Bonchev–Trinajstić information content (AvgIpc) is 3.05. The maximum absolute atomic E-state index is 10.9. The van der Waals surface area contributed by atoms with Crippen LogP contribution in [0.25, 0.3) is 0 Å². The van der Waals surface area contributed by atoms with Crippen molar-refractivity contribution in [2.75, 3.05) is 20.2 Å². The van der Waals surface area contributed by atoms with Crippen LogP contribution in [-0.2, 0) is 18.9 Å². The third-order valence-corrected chi connectivity index (χ3v) is 6.45. The number of aliphatic hydroxyl groups is 6. The van der Waals surface area contributed by atoms with Crippen molar-refractivity contribution in [1.29, 1.82) is 0 Å². The first-order valence-electron chi connectivity index (χ1n) is 10.7. The van der Waals surface area contributed by atoms with E-state index in [4.69, 9.17) is 36.1 Å². The van der Waals surface area contributed by atoms with E-state index >= 15 is 0 Å². The van der Waals surface area contributed by atoms with Crippen molar-refractivity contribution in [3.05, 3.63) is 0 Å². The Balaban J connectivity index is 1.80.